The van der Waals surface area contributed by atoms with E-state index in [-0.39, 0.29) is 0 Å². The van der Waals surface area contributed by atoms with Crippen molar-refractivity contribution >= 4 is 33.1 Å². The van der Waals surface area contributed by atoms with Gasteiger partial charge in [-0.05, 0) is 43.7 Å². The number of benzene rings is 1. The van der Waals surface area contributed by atoms with Crippen LogP contribution in [0.2, 0.25) is 0 Å². The standard InChI is InChI=1S/C20H17N7S/c1-12-5-17-15(8-23-26-17)6-16(12)24-20-25-18(10-28-20)14-3-4-19(21-7-14)27-9-13(2)22-11-27/h3-11H,1-2H3,(H,23,26)(H,24,25). The number of pyridine rings is 1. The predicted molar refractivity (Wildman–Crippen MR) is 111 cm³/mol. The zero-order chi connectivity index (χ0) is 19.1. The third-order valence-electron chi connectivity index (χ3n) is 4.55. The van der Waals surface area contributed by atoms with E-state index in [1.807, 2.05) is 47.6 Å². The highest BCUT2D eigenvalue weighted by atomic mass is 32.1. The number of aromatic nitrogens is 6. The molecule has 28 heavy (non-hydrogen) atoms. The summed E-state index contributed by atoms with van der Waals surface area (Å²) in [5.74, 6) is 0.835. The van der Waals surface area contributed by atoms with E-state index in [4.69, 9.17) is 4.98 Å². The Morgan fingerprint density at radius 3 is 2.82 bits per heavy atom. The maximum absolute atomic E-state index is 4.72. The topological polar surface area (TPSA) is 84.3 Å². The van der Waals surface area contributed by atoms with Crippen molar-refractivity contribution in [3.63, 3.8) is 0 Å². The summed E-state index contributed by atoms with van der Waals surface area (Å²) in [6.07, 6.45) is 7.38. The van der Waals surface area contributed by atoms with Gasteiger partial charge in [0.05, 0.1) is 23.1 Å². The molecule has 7 nitrogen and oxygen atoms in total. The van der Waals surface area contributed by atoms with Crippen LogP contribution in [0.25, 0.3) is 28.0 Å². The monoisotopic (exact) mass is 387 g/mol. The van der Waals surface area contributed by atoms with E-state index in [0.717, 1.165) is 50.1 Å². The van der Waals surface area contributed by atoms with Gasteiger partial charge in [0, 0.05) is 34.4 Å². The van der Waals surface area contributed by atoms with Crippen LogP contribution in [0.3, 0.4) is 0 Å². The molecule has 0 saturated heterocycles. The Labute approximate surface area is 165 Å². The first-order valence-electron chi connectivity index (χ1n) is 8.79. The fourth-order valence-corrected chi connectivity index (χ4v) is 3.78. The SMILES string of the molecule is Cc1cn(-c2ccc(-c3csc(Nc4cc5cn[nH]c5cc4C)n3)cn2)cn1. The van der Waals surface area contributed by atoms with E-state index in [1.54, 1.807) is 17.7 Å². The van der Waals surface area contributed by atoms with Gasteiger partial charge < -0.3 is 5.32 Å². The van der Waals surface area contributed by atoms with Crippen molar-refractivity contribution in [2.24, 2.45) is 0 Å². The second-order valence-corrected chi connectivity index (χ2v) is 7.47. The van der Waals surface area contributed by atoms with Gasteiger partial charge in [-0.3, -0.25) is 9.67 Å². The van der Waals surface area contributed by atoms with Crippen LogP contribution in [-0.4, -0.2) is 29.7 Å². The summed E-state index contributed by atoms with van der Waals surface area (Å²) in [7, 11) is 0. The van der Waals surface area contributed by atoms with Crippen LogP contribution in [0.4, 0.5) is 10.8 Å². The van der Waals surface area contributed by atoms with Gasteiger partial charge in [-0.15, -0.1) is 11.3 Å². The molecule has 0 aliphatic rings. The van der Waals surface area contributed by atoms with Crippen molar-refractivity contribution in [1.82, 2.24) is 29.7 Å². The average molecular weight is 387 g/mol. The van der Waals surface area contributed by atoms with Crippen LogP contribution in [0.1, 0.15) is 11.3 Å². The molecule has 2 N–H and O–H groups in total. The second-order valence-electron chi connectivity index (χ2n) is 6.61. The molecule has 8 heteroatoms. The van der Waals surface area contributed by atoms with E-state index >= 15 is 0 Å². The minimum Gasteiger partial charge on any atom is -0.331 e. The van der Waals surface area contributed by atoms with E-state index in [0.29, 0.717) is 0 Å². The quantitative estimate of drug-likeness (QED) is 0.470. The molecule has 0 radical (unpaired) electrons. The molecule has 0 atom stereocenters. The molecule has 5 rings (SSSR count). The Kier molecular flexibility index (Phi) is 3.91. The number of rotatable bonds is 4. The van der Waals surface area contributed by atoms with Gasteiger partial charge in [0.2, 0.25) is 0 Å². The number of fused-ring (bicyclic) bond motifs is 1. The Morgan fingerprint density at radius 1 is 1.11 bits per heavy atom. The number of aromatic amines is 1. The highest BCUT2D eigenvalue weighted by molar-refractivity contribution is 7.14. The third-order valence-corrected chi connectivity index (χ3v) is 5.31. The van der Waals surface area contributed by atoms with Gasteiger partial charge in [-0.1, -0.05) is 0 Å². The highest BCUT2D eigenvalue weighted by Gasteiger charge is 2.09. The number of thiazole rings is 1. The van der Waals surface area contributed by atoms with Gasteiger partial charge in [-0.2, -0.15) is 5.10 Å². The minimum absolute atomic E-state index is 0.835. The molecule has 0 unspecified atom stereocenters. The Morgan fingerprint density at radius 2 is 2.04 bits per heavy atom. The summed E-state index contributed by atoms with van der Waals surface area (Å²) in [4.78, 5) is 13.5. The smallest absolute Gasteiger partial charge is 0.187 e. The lowest BCUT2D eigenvalue weighted by Gasteiger charge is -2.07. The molecule has 1 aromatic carbocycles. The maximum Gasteiger partial charge on any atom is 0.187 e. The van der Waals surface area contributed by atoms with Crippen LogP contribution in [-0.2, 0) is 0 Å². The van der Waals surface area contributed by atoms with E-state index in [1.165, 1.54) is 0 Å². The lowest BCUT2D eigenvalue weighted by molar-refractivity contribution is 0.993. The van der Waals surface area contributed by atoms with Crippen LogP contribution >= 0.6 is 11.3 Å². The average Bonchev–Trinajstić information content (AvgIpc) is 3.43. The number of nitrogens with one attached hydrogen (secondary N) is 2. The van der Waals surface area contributed by atoms with Crippen molar-refractivity contribution in [3.05, 3.63) is 65.8 Å². The molecule has 0 saturated carbocycles. The summed E-state index contributed by atoms with van der Waals surface area (Å²) in [6, 6.07) is 8.16. The Hall–Kier alpha value is -3.52. The third kappa shape index (κ3) is 3.03. The molecule has 0 spiro atoms. The molecule has 0 aliphatic carbocycles. The largest absolute Gasteiger partial charge is 0.331 e. The van der Waals surface area contributed by atoms with Gasteiger partial charge >= 0.3 is 0 Å². The molecule has 138 valence electrons. The number of hydrogen-bond donors (Lipinski definition) is 2. The van der Waals surface area contributed by atoms with Crippen LogP contribution in [0.5, 0.6) is 0 Å². The number of nitrogens with zero attached hydrogens (tertiary/aromatic N) is 5. The molecule has 0 amide bonds. The van der Waals surface area contributed by atoms with E-state index < -0.39 is 0 Å². The number of hydrogen-bond acceptors (Lipinski definition) is 6. The van der Waals surface area contributed by atoms with Crippen molar-refractivity contribution < 1.29 is 0 Å². The molecule has 5 aromatic rings. The van der Waals surface area contributed by atoms with Crippen molar-refractivity contribution in [3.8, 4) is 17.1 Å². The Bertz CT molecular complexity index is 1260. The summed E-state index contributed by atoms with van der Waals surface area (Å²) in [6.45, 7) is 4.03. The van der Waals surface area contributed by atoms with Crippen molar-refractivity contribution in [2.75, 3.05) is 5.32 Å². The fourth-order valence-electron chi connectivity index (χ4n) is 3.05. The Balaban J connectivity index is 1.38. The number of aryl methyl sites for hydroxylation is 2. The zero-order valence-corrected chi connectivity index (χ0v) is 16.2. The first kappa shape index (κ1) is 16.6. The van der Waals surface area contributed by atoms with Crippen molar-refractivity contribution in [1.29, 1.82) is 0 Å². The molecule has 0 fully saturated rings. The lowest BCUT2D eigenvalue weighted by Crippen LogP contribution is -1.94. The first-order valence-corrected chi connectivity index (χ1v) is 9.67. The summed E-state index contributed by atoms with van der Waals surface area (Å²) in [5, 5.41) is 14.4. The highest BCUT2D eigenvalue weighted by Crippen LogP contribution is 2.30. The molecular weight excluding hydrogens is 370 g/mol. The summed E-state index contributed by atoms with van der Waals surface area (Å²) < 4.78 is 1.90. The van der Waals surface area contributed by atoms with E-state index in [9.17, 15) is 0 Å². The number of imidazole rings is 1. The van der Waals surface area contributed by atoms with Crippen LogP contribution < -0.4 is 5.32 Å². The second kappa shape index (κ2) is 6.58. The number of H-pyrrole nitrogens is 1. The lowest BCUT2D eigenvalue weighted by atomic mass is 10.1. The first-order chi connectivity index (χ1) is 13.7. The predicted octanol–water partition coefficient (Wildman–Crippen LogP) is 4.63. The molecule has 4 aromatic heterocycles. The summed E-state index contributed by atoms with van der Waals surface area (Å²) in [5.41, 5.74) is 6.03. The van der Waals surface area contributed by atoms with Gasteiger partial charge in [0.1, 0.15) is 12.1 Å². The summed E-state index contributed by atoms with van der Waals surface area (Å²) >= 11 is 1.57. The maximum atomic E-state index is 4.72. The van der Waals surface area contributed by atoms with Gasteiger partial charge in [0.15, 0.2) is 5.13 Å². The van der Waals surface area contributed by atoms with Crippen LogP contribution in [0.15, 0.2) is 54.6 Å². The molecular formula is C20H17N7S. The minimum atomic E-state index is 0.835. The van der Waals surface area contributed by atoms with Gasteiger partial charge in [-0.25, -0.2) is 15.0 Å². The molecule has 4 heterocycles. The molecule has 0 bridgehead atoms. The van der Waals surface area contributed by atoms with Crippen LogP contribution in [0, 0.1) is 13.8 Å². The molecule has 0 aliphatic heterocycles. The van der Waals surface area contributed by atoms with E-state index in [2.05, 4.69) is 44.5 Å². The zero-order valence-electron chi connectivity index (χ0n) is 15.3. The van der Waals surface area contributed by atoms with Crippen molar-refractivity contribution in [2.45, 2.75) is 13.8 Å². The fraction of sp³-hybridized carbons (Fsp3) is 0.100. The van der Waals surface area contributed by atoms with Gasteiger partial charge in [0.25, 0.3) is 0 Å². The number of anilines is 2. The normalized spacial score (nSPS) is 11.2.